The maximum absolute atomic E-state index is 14.0. The van der Waals surface area contributed by atoms with E-state index in [9.17, 15) is 13.4 Å². The van der Waals surface area contributed by atoms with Gasteiger partial charge in [0.1, 0.15) is 17.1 Å². The summed E-state index contributed by atoms with van der Waals surface area (Å²) in [4.78, 5) is 20.3. The molecule has 2 heterocycles. The Bertz CT molecular complexity index is 984. The average Bonchev–Trinajstić information content (AvgIpc) is 2.77. The van der Waals surface area contributed by atoms with Crippen LogP contribution in [0.15, 0.2) is 28.9 Å². The summed E-state index contributed by atoms with van der Waals surface area (Å²) in [5, 5.41) is 3.48. The summed E-state index contributed by atoms with van der Waals surface area (Å²) in [7, 11) is -0.964. The summed E-state index contributed by atoms with van der Waals surface area (Å²) in [6, 6.07) is 4.12. The lowest BCUT2D eigenvalue weighted by atomic mass is 10.1. The third-order valence-corrected chi connectivity index (χ3v) is 8.03. The van der Waals surface area contributed by atoms with Crippen LogP contribution in [0.3, 0.4) is 0 Å². The van der Waals surface area contributed by atoms with E-state index in [2.05, 4.69) is 45.1 Å². The molecule has 3 rings (SSSR count). The third-order valence-electron chi connectivity index (χ3n) is 5.38. The van der Waals surface area contributed by atoms with Crippen molar-refractivity contribution in [2.24, 2.45) is 5.73 Å². The van der Waals surface area contributed by atoms with Gasteiger partial charge in [-0.2, -0.15) is 4.98 Å². The first-order chi connectivity index (χ1) is 15.3. The van der Waals surface area contributed by atoms with Crippen LogP contribution >= 0.6 is 15.9 Å². The molecule has 1 saturated heterocycles. The number of hydrogen-bond acceptors (Lipinski definition) is 6. The van der Waals surface area contributed by atoms with Crippen molar-refractivity contribution in [3.8, 4) is 11.6 Å². The maximum atomic E-state index is 14.0. The number of nitrogens with two attached hydrogens (primary N) is 1. The first-order valence-corrected chi connectivity index (χ1v) is 12.5. The van der Waals surface area contributed by atoms with Crippen molar-refractivity contribution in [2.75, 3.05) is 18.4 Å². The number of nitrogens with zero attached hydrogens (tertiary/aromatic N) is 3. The van der Waals surface area contributed by atoms with E-state index in [1.807, 2.05) is 4.31 Å². The summed E-state index contributed by atoms with van der Waals surface area (Å²) in [5.41, 5.74) is 4.95. The Morgan fingerprint density at radius 2 is 2.06 bits per heavy atom. The predicted octanol–water partition coefficient (Wildman–Crippen LogP) is 4.00. The number of primary amides is 1. The quantitative estimate of drug-likeness (QED) is 0.509. The van der Waals surface area contributed by atoms with Gasteiger partial charge in [0, 0.05) is 24.4 Å². The molecule has 0 saturated carbocycles. The minimum absolute atomic E-state index is 0.0277. The molecule has 8 nitrogen and oxygen atoms in total. The number of carbonyl (C=O) groups excluding carboxylic acids is 1. The molecule has 0 spiro atoms. The summed E-state index contributed by atoms with van der Waals surface area (Å²) >= 11 is 3.32. The topological polar surface area (TPSA) is 110 Å². The van der Waals surface area contributed by atoms with Crippen molar-refractivity contribution >= 4 is 38.8 Å². The monoisotopic (exact) mass is 527 g/mol. The van der Waals surface area contributed by atoms with Gasteiger partial charge in [-0.25, -0.2) is 17.9 Å². The Balaban J connectivity index is 1.67. The van der Waals surface area contributed by atoms with Gasteiger partial charge < -0.3 is 15.8 Å². The van der Waals surface area contributed by atoms with Crippen molar-refractivity contribution < 1.29 is 18.1 Å². The van der Waals surface area contributed by atoms with Crippen LogP contribution in [0.1, 0.15) is 49.9 Å². The van der Waals surface area contributed by atoms with Crippen molar-refractivity contribution in [3.05, 3.63) is 40.2 Å². The number of ether oxygens (including phenoxy) is 1. The molecule has 1 unspecified atom stereocenters. The second-order valence-electron chi connectivity index (χ2n) is 7.49. The van der Waals surface area contributed by atoms with Gasteiger partial charge in [0.2, 0.25) is 11.8 Å². The smallest absolute Gasteiger partial charge is 0.255 e. The van der Waals surface area contributed by atoms with E-state index in [4.69, 9.17) is 10.5 Å². The van der Waals surface area contributed by atoms with E-state index < -0.39 is 22.7 Å². The molecule has 174 valence electrons. The van der Waals surface area contributed by atoms with Crippen molar-refractivity contribution in [2.45, 2.75) is 50.8 Å². The number of amides is 1. The summed E-state index contributed by atoms with van der Waals surface area (Å²) in [5.74, 6) is -1.25. The molecular formula is C21H27BrFN5O3S. The number of hydrogen-bond donors (Lipinski definition) is 2. The zero-order valence-corrected chi connectivity index (χ0v) is 20.4. The largest absolute Gasteiger partial charge is 0.437 e. The molecule has 0 radical (unpaired) electrons. The number of aromatic nitrogens is 2. The Morgan fingerprint density at radius 1 is 1.38 bits per heavy atom. The van der Waals surface area contributed by atoms with Gasteiger partial charge in [-0.3, -0.25) is 4.79 Å². The highest BCUT2D eigenvalue weighted by molar-refractivity contribution is 9.10. The molecule has 1 aromatic heterocycles. The summed E-state index contributed by atoms with van der Waals surface area (Å²) in [6.07, 6.45) is 4.93. The number of anilines is 1. The van der Waals surface area contributed by atoms with E-state index in [-0.39, 0.29) is 28.5 Å². The predicted molar refractivity (Wildman–Crippen MR) is 125 cm³/mol. The molecule has 1 amide bonds. The van der Waals surface area contributed by atoms with Gasteiger partial charge in [-0.05, 0) is 53.7 Å². The number of rotatable bonds is 9. The van der Waals surface area contributed by atoms with Crippen molar-refractivity contribution in [1.29, 1.82) is 0 Å². The SMILES string of the molecule is CCC(CC)S(=O)N1CCC(Nc2ncc(Br)c(Oc3cccc(F)c3C(N)=O)n2)CC1. The van der Waals surface area contributed by atoms with Gasteiger partial charge in [-0.1, -0.05) is 19.9 Å². The summed E-state index contributed by atoms with van der Waals surface area (Å²) in [6.45, 7) is 5.60. The lowest BCUT2D eigenvalue weighted by Gasteiger charge is -2.33. The molecule has 1 aliphatic rings. The second kappa shape index (κ2) is 11.2. The molecule has 11 heteroatoms. The Hall–Kier alpha value is -2.11. The van der Waals surface area contributed by atoms with Gasteiger partial charge in [0.05, 0.1) is 21.7 Å². The summed E-state index contributed by atoms with van der Waals surface area (Å²) < 4.78 is 34.9. The highest BCUT2D eigenvalue weighted by Crippen LogP contribution is 2.31. The van der Waals surface area contributed by atoms with Crippen LogP contribution in [0.25, 0.3) is 0 Å². The number of halogens is 2. The normalized spacial score (nSPS) is 16.2. The number of piperidine rings is 1. The van der Waals surface area contributed by atoms with E-state index in [1.54, 1.807) is 0 Å². The number of nitrogens with one attached hydrogen (secondary N) is 1. The van der Waals surface area contributed by atoms with Crippen molar-refractivity contribution in [1.82, 2.24) is 14.3 Å². The highest BCUT2D eigenvalue weighted by atomic mass is 79.9. The van der Waals surface area contributed by atoms with Gasteiger partial charge >= 0.3 is 0 Å². The number of carbonyl (C=O) groups is 1. The first kappa shape index (κ1) is 24.5. The number of benzene rings is 1. The van der Waals surface area contributed by atoms with Crippen LogP contribution in [-0.4, -0.2) is 48.8 Å². The Labute approximate surface area is 197 Å². The molecule has 3 N–H and O–H groups in total. The lowest BCUT2D eigenvalue weighted by molar-refractivity contribution is 0.0994. The van der Waals surface area contributed by atoms with E-state index in [0.717, 1.165) is 44.8 Å². The Morgan fingerprint density at radius 3 is 2.69 bits per heavy atom. The molecule has 2 aromatic rings. The first-order valence-electron chi connectivity index (χ1n) is 10.5. The minimum atomic E-state index is -0.964. The molecule has 0 aliphatic carbocycles. The third kappa shape index (κ3) is 5.81. The van der Waals surface area contributed by atoms with Gasteiger partial charge in [-0.15, -0.1) is 0 Å². The lowest BCUT2D eigenvalue weighted by Crippen LogP contribution is -2.42. The maximum Gasteiger partial charge on any atom is 0.255 e. The van der Waals surface area contributed by atoms with Crippen LogP contribution in [0.2, 0.25) is 0 Å². The molecule has 0 bridgehead atoms. The molecule has 1 aliphatic heterocycles. The minimum Gasteiger partial charge on any atom is -0.437 e. The van der Waals surface area contributed by atoms with Crippen LogP contribution in [-0.2, 0) is 11.0 Å². The van der Waals surface area contributed by atoms with Crippen LogP contribution in [0.5, 0.6) is 11.6 Å². The zero-order chi connectivity index (χ0) is 23.3. The second-order valence-corrected chi connectivity index (χ2v) is 10.1. The highest BCUT2D eigenvalue weighted by Gasteiger charge is 2.27. The zero-order valence-electron chi connectivity index (χ0n) is 18.0. The van der Waals surface area contributed by atoms with Gasteiger partial charge in [0.25, 0.3) is 5.91 Å². The molecule has 1 atom stereocenters. The molecule has 1 aromatic carbocycles. The van der Waals surface area contributed by atoms with Crippen LogP contribution < -0.4 is 15.8 Å². The van der Waals surface area contributed by atoms with Crippen LogP contribution in [0, 0.1) is 5.82 Å². The Kier molecular flexibility index (Phi) is 8.55. The average molecular weight is 528 g/mol. The van der Waals surface area contributed by atoms with E-state index in [0.29, 0.717) is 10.4 Å². The fourth-order valence-corrected chi connectivity index (χ4v) is 5.41. The fourth-order valence-electron chi connectivity index (χ4n) is 3.57. The van der Waals surface area contributed by atoms with Crippen molar-refractivity contribution in [3.63, 3.8) is 0 Å². The fraction of sp³-hybridized carbons (Fsp3) is 0.476. The van der Waals surface area contributed by atoms with E-state index in [1.165, 1.54) is 18.3 Å². The van der Waals surface area contributed by atoms with E-state index >= 15 is 0 Å². The molecule has 1 fully saturated rings. The van der Waals surface area contributed by atoms with Crippen LogP contribution in [0.4, 0.5) is 10.3 Å². The van der Waals surface area contributed by atoms with Gasteiger partial charge in [0.15, 0.2) is 0 Å². The standard InChI is InChI=1S/C21H27BrFN5O3S/c1-3-14(4-2)32(30)28-10-8-13(9-11-28)26-21-25-12-15(22)20(27-21)31-17-7-5-6-16(23)18(17)19(24)29/h5-7,12-14H,3-4,8-11H2,1-2H3,(H2,24,29)(H,25,26,27). The molecular weight excluding hydrogens is 501 g/mol. The molecule has 32 heavy (non-hydrogen) atoms.